The van der Waals surface area contributed by atoms with Crippen LogP contribution in [0.3, 0.4) is 0 Å². The van der Waals surface area contributed by atoms with E-state index in [2.05, 4.69) is 14.9 Å². The van der Waals surface area contributed by atoms with Crippen molar-refractivity contribution in [2.45, 2.75) is 32.3 Å². The van der Waals surface area contributed by atoms with E-state index in [0.717, 1.165) is 35.4 Å². The summed E-state index contributed by atoms with van der Waals surface area (Å²) in [5, 5.41) is 2.95. The van der Waals surface area contributed by atoms with Crippen molar-refractivity contribution >= 4 is 23.2 Å². The van der Waals surface area contributed by atoms with Gasteiger partial charge in [-0.2, -0.15) is 0 Å². The number of rotatable bonds is 4. The third kappa shape index (κ3) is 3.86. The molecule has 0 N–H and O–H groups in total. The Bertz CT molecular complexity index is 774. The Kier molecular flexibility index (Phi) is 5.12. The predicted molar refractivity (Wildman–Crippen MR) is 99.3 cm³/mol. The van der Waals surface area contributed by atoms with E-state index in [1.165, 1.54) is 12.8 Å². The molecule has 2 aliphatic heterocycles. The number of aromatic nitrogens is 3. The van der Waals surface area contributed by atoms with E-state index in [1.54, 1.807) is 17.5 Å². The lowest BCUT2D eigenvalue weighted by atomic mass is 10.2. The number of nitrogens with zero attached hydrogens (tertiary/aromatic N) is 5. The first-order valence-corrected chi connectivity index (χ1v) is 9.95. The van der Waals surface area contributed by atoms with Gasteiger partial charge in [0.2, 0.25) is 11.9 Å². The van der Waals surface area contributed by atoms with Crippen LogP contribution in [0, 0.1) is 6.92 Å². The number of aryl methyl sites for hydroxylation is 1. The van der Waals surface area contributed by atoms with Crippen LogP contribution in [0.5, 0.6) is 0 Å². The van der Waals surface area contributed by atoms with E-state index in [-0.39, 0.29) is 12.0 Å². The van der Waals surface area contributed by atoms with Gasteiger partial charge in [0.25, 0.3) is 0 Å². The molecule has 0 saturated carbocycles. The highest BCUT2D eigenvalue weighted by molar-refractivity contribution is 7.09. The highest BCUT2D eigenvalue weighted by atomic mass is 32.1. The Labute approximate surface area is 157 Å². The van der Waals surface area contributed by atoms with Crippen LogP contribution in [-0.2, 0) is 16.0 Å². The average molecular weight is 373 g/mol. The summed E-state index contributed by atoms with van der Waals surface area (Å²) in [6.45, 7) is 5.63. The van der Waals surface area contributed by atoms with Crippen molar-refractivity contribution < 1.29 is 9.53 Å². The largest absolute Gasteiger partial charge is 0.368 e. The van der Waals surface area contributed by atoms with Gasteiger partial charge in [0.1, 0.15) is 6.10 Å². The summed E-state index contributed by atoms with van der Waals surface area (Å²) in [7, 11) is 0. The minimum absolute atomic E-state index is 0.0948. The van der Waals surface area contributed by atoms with Gasteiger partial charge in [-0.25, -0.2) is 15.0 Å². The molecule has 4 rings (SSSR count). The average Bonchev–Trinajstić information content (AvgIpc) is 3.34. The van der Waals surface area contributed by atoms with Gasteiger partial charge in [0.15, 0.2) is 0 Å². The lowest BCUT2D eigenvalue weighted by molar-refractivity contribution is -0.138. The number of hydrogen-bond donors (Lipinski definition) is 0. The summed E-state index contributed by atoms with van der Waals surface area (Å²) >= 11 is 1.58. The molecule has 8 heteroatoms. The number of carbonyl (C=O) groups excluding carboxylic acids is 1. The van der Waals surface area contributed by atoms with Gasteiger partial charge in [-0.15, -0.1) is 11.3 Å². The van der Waals surface area contributed by atoms with E-state index < -0.39 is 0 Å². The van der Waals surface area contributed by atoms with E-state index in [9.17, 15) is 4.79 Å². The number of thiazole rings is 1. The molecule has 1 unspecified atom stereocenters. The molecule has 0 bridgehead atoms. The number of morpholine rings is 1. The molecular weight excluding hydrogens is 350 g/mol. The molecule has 1 amide bonds. The maximum atomic E-state index is 12.6. The summed E-state index contributed by atoms with van der Waals surface area (Å²) in [6.07, 6.45) is 4.31. The number of anilines is 1. The molecular formula is C18H23N5O2S. The minimum atomic E-state index is -0.200. The summed E-state index contributed by atoms with van der Waals surface area (Å²) in [5.41, 5.74) is 1.70. The Morgan fingerprint density at radius 3 is 2.92 bits per heavy atom. The van der Waals surface area contributed by atoms with Crippen LogP contribution in [-0.4, -0.2) is 58.5 Å². The zero-order valence-electron chi connectivity index (χ0n) is 14.9. The molecule has 0 aliphatic carbocycles. The molecule has 0 aromatic carbocycles. The first kappa shape index (κ1) is 17.4. The van der Waals surface area contributed by atoms with Crippen molar-refractivity contribution in [1.29, 1.82) is 0 Å². The number of hydrogen-bond acceptors (Lipinski definition) is 7. The van der Waals surface area contributed by atoms with E-state index >= 15 is 0 Å². The Balaban J connectivity index is 1.43. The predicted octanol–water partition coefficient (Wildman–Crippen LogP) is 1.98. The van der Waals surface area contributed by atoms with Crippen molar-refractivity contribution in [1.82, 2.24) is 19.9 Å². The fourth-order valence-corrected chi connectivity index (χ4v) is 4.03. The van der Waals surface area contributed by atoms with Gasteiger partial charge in [0, 0.05) is 31.2 Å². The van der Waals surface area contributed by atoms with E-state index in [1.807, 2.05) is 23.3 Å². The van der Waals surface area contributed by atoms with Crippen LogP contribution in [0.1, 0.15) is 35.3 Å². The zero-order valence-corrected chi connectivity index (χ0v) is 15.7. The van der Waals surface area contributed by atoms with Gasteiger partial charge in [-0.1, -0.05) is 0 Å². The monoisotopic (exact) mass is 373 g/mol. The molecule has 2 aromatic rings. The molecule has 0 radical (unpaired) electrons. The molecule has 2 aromatic heterocycles. The summed E-state index contributed by atoms with van der Waals surface area (Å²) < 4.78 is 5.90. The molecule has 4 heterocycles. The number of ether oxygens (including phenoxy) is 1. The van der Waals surface area contributed by atoms with Crippen molar-refractivity contribution in [3.8, 4) is 0 Å². The summed E-state index contributed by atoms with van der Waals surface area (Å²) in [4.78, 5) is 30.2. The third-order valence-corrected chi connectivity index (χ3v) is 5.62. The molecule has 7 nitrogen and oxygen atoms in total. The second-order valence-electron chi connectivity index (χ2n) is 6.71. The Hall–Kier alpha value is -2.06. The van der Waals surface area contributed by atoms with Crippen molar-refractivity contribution in [3.63, 3.8) is 0 Å². The zero-order chi connectivity index (χ0) is 17.9. The maximum absolute atomic E-state index is 12.6. The molecule has 138 valence electrons. The first-order chi connectivity index (χ1) is 12.7. The van der Waals surface area contributed by atoms with Crippen LogP contribution in [0.4, 0.5) is 5.95 Å². The van der Waals surface area contributed by atoms with Crippen LogP contribution in [0.2, 0.25) is 0 Å². The highest BCUT2D eigenvalue weighted by Crippen LogP contribution is 2.24. The first-order valence-electron chi connectivity index (χ1n) is 9.07. The van der Waals surface area contributed by atoms with Crippen molar-refractivity contribution in [2.75, 3.05) is 37.7 Å². The van der Waals surface area contributed by atoms with Crippen LogP contribution < -0.4 is 4.90 Å². The van der Waals surface area contributed by atoms with Gasteiger partial charge in [0.05, 0.1) is 36.0 Å². The quantitative estimate of drug-likeness (QED) is 0.816. The molecule has 2 fully saturated rings. The molecule has 0 spiro atoms. The molecule has 26 heavy (non-hydrogen) atoms. The normalized spacial score (nSPS) is 20.6. The van der Waals surface area contributed by atoms with Crippen LogP contribution in [0.25, 0.3) is 0 Å². The fraction of sp³-hybridized carbons (Fsp3) is 0.556. The molecule has 2 saturated heterocycles. The minimum Gasteiger partial charge on any atom is -0.368 e. The van der Waals surface area contributed by atoms with Crippen LogP contribution >= 0.6 is 11.3 Å². The molecule has 2 aliphatic rings. The summed E-state index contributed by atoms with van der Waals surface area (Å²) in [6, 6.07) is 1.89. The SMILES string of the molecule is Cc1nc(CC(=O)N2CCOC(c3ccnc(N4CCCC4)n3)C2)cs1. The van der Waals surface area contributed by atoms with Crippen LogP contribution in [0.15, 0.2) is 17.6 Å². The van der Waals surface area contributed by atoms with E-state index in [0.29, 0.717) is 26.1 Å². The number of carbonyl (C=O) groups is 1. The Morgan fingerprint density at radius 2 is 2.15 bits per heavy atom. The van der Waals surface area contributed by atoms with Gasteiger partial charge < -0.3 is 14.5 Å². The molecule has 1 atom stereocenters. The van der Waals surface area contributed by atoms with Gasteiger partial charge in [-0.3, -0.25) is 4.79 Å². The Morgan fingerprint density at radius 1 is 1.31 bits per heavy atom. The fourth-order valence-electron chi connectivity index (χ4n) is 3.42. The second-order valence-corrected chi connectivity index (χ2v) is 7.77. The van der Waals surface area contributed by atoms with Gasteiger partial charge in [-0.05, 0) is 25.8 Å². The third-order valence-electron chi connectivity index (χ3n) is 4.80. The lowest BCUT2D eigenvalue weighted by Crippen LogP contribution is -2.43. The lowest BCUT2D eigenvalue weighted by Gasteiger charge is -2.33. The standard InChI is InChI=1S/C18H23N5O2S/c1-13-20-14(12-26-13)10-17(24)23-8-9-25-16(11-23)15-4-5-19-18(21-15)22-6-2-3-7-22/h4-5,12,16H,2-3,6-11H2,1H3. The smallest absolute Gasteiger partial charge is 0.228 e. The van der Waals surface area contributed by atoms with Crippen molar-refractivity contribution in [3.05, 3.63) is 34.0 Å². The number of amides is 1. The maximum Gasteiger partial charge on any atom is 0.228 e. The van der Waals surface area contributed by atoms with Crippen molar-refractivity contribution in [2.24, 2.45) is 0 Å². The highest BCUT2D eigenvalue weighted by Gasteiger charge is 2.27. The van der Waals surface area contributed by atoms with Gasteiger partial charge >= 0.3 is 0 Å². The summed E-state index contributed by atoms with van der Waals surface area (Å²) in [5.74, 6) is 0.863. The second kappa shape index (κ2) is 7.67. The topological polar surface area (TPSA) is 71.5 Å². The van der Waals surface area contributed by atoms with E-state index in [4.69, 9.17) is 9.72 Å².